The van der Waals surface area contributed by atoms with Gasteiger partial charge in [-0.2, -0.15) is 0 Å². The molecular weight excluding hydrogens is 1740 g/mol. The van der Waals surface area contributed by atoms with Crippen molar-refractivity contribution in [2.45, 2.75) is 77.8 Å². The molecule has 0 radical (unpaired) electrons. The third-order valence-corrected chi connectivity index (χ3v) is 6.78. The molecule has 0 fully saturated rings. The van der Waals surface area contributed by atoms with Crippen LogP contribution < -0.4 is 18.3 Å². The fraction of sp³-hybridized carbons (Fsp3) is 0.400. The van der Waals surface area contributed by atoms with Crippen LogP contribution in [0, 0.1) is 0 Å². The number of rotatable bonds is 15. The van der Waals surface area contributed by atoms with E-state index in [0.717, 1.165) is 39.3 Å². The van der Waals surface area contributed by atoms with Crippen LogP contribution in [0.25, 0.3) is 0 Å². The third kappa shape index (κ3) is 107. The third-order valence-electron chi connectivity index (χ3n) is 6.78. The first-order valence-electron chi connectivity index (χ1n) is 14.8. The molecular formula is C30H50Mo8N12O28-48. The number of aromatic nitrogens is 12. The number of hydrogen-bond donors (Lipinski definition) is 4. The smallest absolute Gasteiger partial charge is 0.241 e. The quantitative estimate of drug-likeness (QED) is 0.0497. The molecule has 0 atom stereocenters. The number of imidazole rings is 6. The van der Waals surface area contributed by atoms with Gasteiger partial charge in [0, 0.05) is 206 Å². The second kappa shape index (κ2) is 152. The maximum absolute atomic E-state index is 4.00. The molecule has 0 aliphatic carbocycles. The van der Waals surface area contributed by atoms with Gasteiger partial charge < -0.3 is 162 Å². The van der Waals surface area contributed by atoms with Crippen LogP contribution in [0.4, 0.5) is 0 Å². The monoisotopic (exact) mass is 1810 g/mol. The van der Waals surface area contributed by atoms with Gasteiger partial charge in [-0.15, -0.1) is 0 Å². The summed E-state index contributed by atoms with van der Waals surface area (Å²) >= 11 is 0. The van der Waals surface area contributed by atoms with Crippen molar-refractivity contribution in [1.29, 1.82) is 0 Å². The Labute approximate surface area is 564 Å². The van der Waals surface area contributed by atoms with Gasteiger partial charge in [-0.25, -0.2) is 28.2 Å². The van der Waals surface area contributed by atoms with Gasteiger partial charge in [-0.3, -0.25) is 19.9 Å². The van der Waals surface area contributed by atoms with Crippen LogP contribution in [0.15, 0.2) is 112 Å². The molecule has 0 saturated carbocycles. The van der Waals surface area contributed by atoms with E-state index in [9.17, 15) is 0 Å². The predicted molar refractivity (Wildman–Crippen MR) is 181 cm³/mol. The molecule has 0 saturated heterocycles. The molecule has 0 bridgehead atoms. The Hall–Kier alpha value is -0.354. The SMILES string of the molecule is O.O.[Mo].[Mo].[Mo].[Mo].[Mo].[Mo].[Mo].[Mo].[O-2].[O-2].[O-2].[O-2].[O-2].[O-2].[O-2].[O-2].[O-2].[O-2].[O-2].[O-2].[O-2].[O-2].[O-2].[O-2].[O-2].[O-2].[O-2].[O-2].[O-2].[O-2].[O-2].[O-2].[O-2].[O-2].c1c[n+](CCCC[n+]2cc[nH]c2)c[nH]1.c1cn(CCCC[n+]2cc[nH]c2)cn1.c1cn(CCCC[n+]2cc[nH]c2)cn1. The summed E-state index contributed by atoms with van der Waals surface area (Å²) in [6.07, 6.45) is 42.5. The van der Waals surface area contributed by atoms with E-state index in [-0.39, 0.29) is 322 Å². The zero-order valence-electron chi connectivity index (χ0n) is 39.3. The largest absolute Gasteiger partial charge is 2.00 e. The summed E-state index contributed by atoms with van der Waals surface area (Å²) in [4.78, 5) is 20.1. The van der Waals surface area contributed by atoms with Gasteiger partial charge in [0.15, 0.2) is 0 Å². The standard InChI is InChI=1S/3C10H14N4.8Mo.2H2O.26O/c3*1(5-13-7-3-11-9-13)2-6-14-8-4-12-10-14;;;;;;;;;;;;;;;;;;;;;;;;;;;;;;;;;;;;/h3*3-4,7-10H,1-2,5-6H2;;;;;;;;;2*1H2;;;;;;;;;;;;;;;;;;;;;;;;;;/q;;;;;;;;;;;;;26*-2/p+4. The molecule has 78 heavy (non-hydrogen) atoms. The summed E-state index contributed by atoms with van der Waals surface area (Å²) in [5.41, 5.74) is 0. The summed E-state index contributed by atoms with van der Waals surface area (Å²) in [6, 6.07) is 0. The summed E-state index contributed by atoms with van der Waals surface area (Å²) in [5, 5.41) is 0. The molecule has 6 rings (SSSR count). The van der Waals surface area contributed by atoms with Gasteiger partial charge in [0.05, 0.1) is 38.8 Å². The predicted octanol–water partition coefficient (Wildman–Crippen LogP) is -2.40. The van der Waals surface area contributed by atoms with E-state index in [1.807, 2.05) is 87.5 Å². The molecule has 0 aromatic carbocycles. The minimum Gasteiger partial charge on any atom is -2.00 e. The number of hydrogen-bond acceptors (Lipinski definition) is 2. The second-order valence-corrected chi connectivity index (χ2v) is 10.1. The van der Waals surface area contributed by atoms with E-state index in [1.54, 1.807) is 0 Å². The molecule has 0 aliphatic rings. The number of aryl methyl sites for hydroxylation is 6. The van der Waals surface area contributed by atoms with Crippen LogP contribution >= 0.6 is 0 Å². The van der Waals surface area contributed by atoms with E-state index in [0.29, 0.717) is 0 Å². The maximum Gasteiger partial charge on any atom is 0.241 e. The van der Waals surface area contributed by atoms with E-state index in [4.69, 9.17) is 0 Å². The Balaban J connectivity index is -0.0000000102. The van der Waals surface area contributed by atoms with Gasteiger partial charge in [-0.05, 0) is 38.5 Å². The normalized spacial score (nSPS) is 5.69. The summed E-state index contributed by atoms with van der Waals surface area (Å²) in [6.45, 7) is 6.47. The first-order chi connectivity index (χ1) is 20.8. The summed E-state index contributed by atoms with van der Waals surface area (Å²) < 4.78 is 12.9. The minimum atomic E-state index is 0. The van der Waals surface area contributed by atoms with Gasteiger partial charge in [0.1, 0.15) is 49.6 Å². The summed E-state index contributed by atoms with van der Waals surface area (Å²) in [7, 11) is 0. The molecule has 6 heterocycles. The molecule has 0 spiro atoms. The van der Waals surface area contributed by atoms with Crippen molar-refractivity contribution in [3.05, 3.63) is 112 Å². The number of nitrogens with one attached hydrogen (secondary N) is 4. The number of unbranched alkanes of at least 4 members (excludes halogenated alkanes) is 3. The Bertz CT molecular complexity index is 1180. The molecule has 0 aliphatic heterocycles. The zero-order valence-corrected chi connectivity index (χ0v) is 55.4. The van der Waals surface area contributed by atoms with Crippen molar-refractivity contribution in [3.8, 4) is 0 Å². The van der Waals surface area contributed by atoms with Crippen molar-refractivity contribution >= 4 is 0 Å². The van der Waals surface area contributed by atoms with E-state index in [1.165, 1.54) is 38.5 Å². The van der Waals surface area contributed by atoms with Crippen molar-refractivity contribution in [2.75, 3.05) is 0 Å². The molecule has 6 aromatic heterocycles. The molecule has 40 nitrogen and oxygen atoms in total. The van der Waals surface area contributed by atoms with Crippen molar-refractivity contribution in [1.82, 2.24) is 39.0 Å². The Kier molecular flexibility index (Phi) is 447. The molecule has 0 amide bonds. The first kappa shape index (κ1) is 229. The minimum absolute atomic E-state index is 0. The van der Waals surface area contributed by atoms with Gasteiger partial charge in [-0.1, -0.05) is 0 Å². The number of nitrogens with zero attached hydrogens (tertiary/aromatic N) is 8. The van der Waals surface area contributed by atoms with Crippen LogP contribution in [0.5, 0.6) is 0 Å². The molecule has 48 heteroatoms. The van der Waals surface area contributed by atoms with E-state index < -0.39 is 0 Å². The Morgan fingerprint density at radius 1 is 0.282 bits per heavy atom. The van der Waals surface area contributed by atoms with Crippen LogP contribution in [0.3, 0.4) is 0 Å². The Morgan fingerprint density at radius 2 is 0.462 bits per heavy atom. The number of H-pyrrole nitrogens is 4. The van der Waals surface area contributed by atoms with E-state index >= 15 is 0 Å². The van der Waals surface area contributed by atoms with Crippen LogP contribution in [-0.2, 0) is 350 Å². The average molecular weight is 1790 g/mol. The van der Waals surface area contributed by atoms with Gasteiger partial charge in [0.25, 0.3) is 0 Å². The fourth-order valence-electron chi connectivity index (χ4n) is 4.44. The summed E-state index contributed by atoms with van der Waals surface area (Å²) in [5.74, 6) is 0. The van der Waals surface area contributed by atoms with Gasteiger partial charge >= 0.3 is 0 Å². The molecule has 6 aromatic rings. The second-order valence-electron chi connectivity index (χ2n) is 10.1. The van der Waals surface area contributed by atoms with Crippen molar-refractivity contribution < 1.29 is 340 Å². The molecule has 494 valence electrons. The van der Waals surface area contributed by atoms with Crippen LogP contribution in [-0.4, -0.2) is 50.0 Å². The van der Waals surface area contributed by atoms with Gasteiger partial charge in [0.2, 0.25) is 25.3 Å². The molecule has 8 N–H and O–H groups in total. The Morgan fingerprint density at radius 3 is 0.603 bits per heavy atom. The fourth-order valence-corrected chi connectivity index (χ4v) is 4.44. The van der Waals surface area contributed by atoms with Crippen molar-refractivity contribution in [2.24, 2.45) is 0 Å². The topological polar surface area (TPSA) is 918 Å². The zero-order chi connectivity index (χ0) is 28.9. The maximum atomic E-state index is 4.00. The first-order valence-corrected chi connectivity index (χ1v) is 14.8. The molecule has 0 unspecified atom stereocenters. The average Bonchev–Trinajstić information content (AvgIpc) is 3.87. The van der Waals surface area contributed by atoms with Crippen molar-refractivity contribution in [3.63, 3.8) is 0 Å². The van der Waals surface area contributed by atoms with E-state index in [2.05, 4.69) is 82.1 Å². The van der Waals surface area contributed by atoms with Crippen LogP contribution in [0.2, 0.25) is 0 Å². The van der Waals surface area contributed by atoms with Crippen LogP contribution in [0.1, 0.15) is 38.5 Å². The number of aromatic amines is 4.